The van der Waals surface area contributed by atoms with Gasteiger partial charge in [0, 0.05) is 30.1 Å². The van der Waals surface area contributed by atoms with Gasteiger partial charge in [-0.15, -0.1) is 0 Å². The van der Waals surface area contributed by atoms with E-state index in [1.807, 2.05) is 42.5 Å². The number of nitrogens with one attached hydrogen (secondary N) is 1. The lowest BCUT2D eigenvalue weighted by molar-refractivity contribution is 0.0729. The van der Waals surface area contributed by atoms with Crippen LogP contribution in [0.2, 0.25) is 0 Å². The number of para-hydroxylation sites is 1. The van der Waals surface area contributed by atoms with Crippen molar-refractivity contribution in [3.8, 4) is 22.8 Å². The molecule has 0 aliphatic carbocycles. The van der Waals surface area contributed by atoms with Gasteiger partial charge < -0.3 is 14.7 Å². The number of benzene rings is 2. The summed E-state index contributed by atoms with van der Waals surface area (Å²) < 4.78 is 5.74. The SMILES string of the molecule is C=CCOc1cccc([C@H]2c3c(-c4ccccc4O)n[nH]c3C(=O)N2Cc2cccnc2)c1. The molecule has 5 rings (SSSR count). The van der Waals surface area contributed by atoms with Crippen LogP contribution in [0.1, 0.15) is 33.2 Å². The van der Waals surface area contributed by atoms with Crippen molar-refractivity contribution >= 4 is 5.91 Å². The van der Waals surface area contributed by atoms with Crippen LogP contribution in [0.15, 0.2) is 85.7 Å². The minimum absolute atomic E-state index is 0.103. The first-order chi connectivity index (χ1) is 16.2. The van der Waals surface area contributed by atoms with Gasteiger partial charge in [-0.2, -0.15) is 5.10 Å². The number of hydrogen-bond acceptors (Lipinski definition) is 5. The number of phenolic OH excluding ortho intramolecular Hbond substituents is 1. The third kappa shape index (κ3) is 3.74. The molecule has 7 nitrogen and oxygen atoms in total. The number of carbonyl (C=O) groups excluding carboxylic acids is 1. The predicted octanol–water partition coefficient (Wildman–Crippen LogP) is 4.49. The second-order valence-electron chi connectivity index (χ2n) is 7.75. The summed E-state index contributed by atoms with van der Waals surface area (Å²) in [6, 6.07) is 18.0. The van der Waals surface area contributed by atoms with E-state index in [2.05, 4.69) is 21.8 Å². The van der Waals surface area contributed by atoms with Crippen molar-refractivity contribution in [1.29, 1.82) is 0 Å². The summed E-state index contributed by atoms with van der Waals surface area (Å²) in [7, 11) is 0. The summed E-state index contributed by atoms with van der Waals surface area (Å²) in [4.78, 5) is 19.5. The van der Waals surface area contributed by atoms with Gasteiger partial charge in [0.1, 0.15) is 29.5 Å². The van der Waals surface area contributed by atoms with Crippen molar-refractivity contribution in [3.63, 3.8) is 0 Å². The minimum atomic E-state index is -0.423. The first-order valence-corrected chi connectivity index (χ1v) is 10.6. The number of aromatic hydroxyl groups is 1. The number of phenols is 1. The van der Waals surface area contributed by atoms with Crippen molar-refractivity contribution in [1.82, 2.24) is 20.1 Å². The Morgan fingerprint density at radius 1 is 1.15 bits per heavy atom. The summed E-state index contributed by atoms with van der Waals surface area (Å²) in [6.07, 6.45) is 5.14. The molecule has 1 amide bonds. The number of carbonyl (C=O) groups is 1. The molecule has 0 unspecified atom stereocenters. The van der Waals surface area contributed by atoms with Crippen LogP contribution in [-0.4, -0.2) is 37.7 Å². The average Bonchev–Trinajstić information content (AvgIpc) is 3.38. The van der Waals surface area contributed by atoms with Gasteiger partial charge in [-0.25, -0.2) is 0 Å². The molecule has 0 saturated carbocycles. The summed E-state index contributed by atoms with van der Waals surface area (Å²) in [6.45, 7) is 4.46. The lowest BCUT2D eigenvalue weighted by Crippen LogP contribution is -2.29. The fourth-order valence-corrected chi connectivity index (χ4v) is 4.20. The Kier molecular flexibility index (Phi) is 5.36. The molecule has 0 saturated heterocycles. The van der Waals surface area contributed by atoms with E-state index in [0.29, 0.717) is 35.9 Å². The second-order valence-corrected chi connectivity index (χ2v) is 7.75. The monoisotopic (exact) mass is 438 g/mol. The van der Waals surface area contributed by atoms with E-state index in [1.54, 1.807) is 41.6 Å². The molecule has 7 heteroatoms. The van der Waals surface area contributed by atoms with Gasteiger partial charge in [-0.3, -0.25) is 14.9 Å². The maximum Gasteiger partial charge on any atom is 0.273 e. The fraction of sp³-hybridized carbons (Fsp3) is 0.115. The third-order valence-corrected chi connectivity index (χ3v) is 5.64. The molecule has 33 heavy (non-hydrogen) atoms. The molecule has 2 aromatic carbocycles. The number of aromatic amines is 1. The summed E-state index contributed by atoms with van der Waals surface area (Å²) in [5.41, 5.74) is 4.05. The fourth-order valence-electron chi connectivity index (χ4n) is 4.20. The first kappa shape index (κ1) is 20.5. The number of hydrogen-bond donors (Lipinski definition) is 2. The van der Waals surface area contributed by atoms with Crippen LogP contribution in [-0.2, 0) is 6.54 Å². The van der Waals surface area contributed by atoms with Crippen LogP contribution in [0.25, 0.3) is 11.3 Å². The van der Waals surface area contributed by atoms with E-state index in [1.165, 1.54) is 0 Å². The van der Waals surface area contributed by atoms with Crippen molar-refractivity contribution in [2.24, 2.45) is 0 Å². The van der Waals surface area contributed by atoms with Gasteiger partial charge >= 0.3 is 0 Å². The molecule has 2 N–H and O–H groups in total. The first-order valence-electron chi connectivity index (χ1n) is 10.6. The van der Waals surface area contributed by atoms with E-state index in [9.17, 15) is 9.90 Å². The number of amides is 1. The normalized spacial score (nSPS) is 14.8. The van der Waals surface area contributed by atoms with E-state index < -0.39 is 6.04 Å². The number of ether oxygens (including phenoxy) is 1. The molecule has 1 aliphatic rings. The van der Waals surface area contributed by atoms with Gasteiger partial charge in [0.15, 0.2) is 0 Å². The Balaban J connectivity index is 1.65. The van der Waals surface area contributed by atoms with E-state index in [0.717, 1.165) is 16.7 Å². The molecule has 1 atom stereocenters. The number of fused-ring (bicyclic) bond motifs is 1. The van der Waals surface area contributed by atoms with E-state index in [-0.39, 0.29) is 11.7 Å². The summed E-state index contributed by atoms with van der Waals surface area (Å²) in [5.74, 6) is 0.624. The molecule has 2 aromatic heterocycles. The van der Waals surface area contributed by atoms with Gasteiger partial charge in [-0.1, -0.05) is 43.0 Å². The quantitative estimate of drug-likeness (QED) is 0.415. The van der Waals surface area contributed by atoms with Gasteiger partial charge in [0.25, 0.3) is 5.91 Å². The molecule has 0 radical (unpaired) electrons. The largest absolute Gasteiger partial charge is 0.507 e. The maximum atomic E-state index is 13.5. The van der Waals surface area contributed by atoms with Crippen molar-refractivity contribution in [3.05, 3.63) is 108 Å². The topological polar surface area (TPSA) is 91.3 Å². The van der Waals surface area contributed by atoms with Gasteiger partial charge in [0.05, 0.1) is 6.04 Å². The molecular weight excluding hydrogens is 416 g/mol. The molecule has 0 bridgehead atoms. The molecule has 3 heterocycles. The lowest BCUT2D eigenvalue weighted by Gasteiger charge is -2.26. The Morgan fingerprint density at radius 3 is 2.82 bits per heavy atom. The zero-order valence-electron chi connectivity index (χ0n) is 17.8. The van der Waals surface area contributed by atoms with Crippen LogP contribution in [0, 0.1) is 0 Å². The average molecular weight is 438 g/mol. The lowest BCUT2D eigenvalue weighted by atomic mass is 9.95. The highest BCUT2D eigenvalue weighted by Gasteiger charge is 2.42. The van der Waals surface area contributed by atoms with Gasteiger partial charge in [-0.05, 0) is 41.5 Å². The number of pyridine rings is 1. The molecule has 0 spiro atoms. The summed E-state index contributed by atoms with van der Waals surface area (Å²) in [5, 5.41) is 17.8. The standard InChI is InChI=1S/C26H22N4O3/c1-2-13-33-19-9-5-8-18(14-19)25-22-23(20-10-3-4-11-21(20)31)28-29-24(22)26(32)30(25)16-17-7-6-12-27-15-17/h2-12,14-15,25,31H,1,13,16H2,(H,28,29)/t25-/m0/s1. The number of nitrogens with zero attached hydrogens (tertiary/aromatic N) is 3. The number of rotatable bonds is 7. The number of aromatic nitrogens is 3. The van der Waals surface area contributed by atoms with Gasteiger partial charge in [0.2, 0.25) is 0 Å². The van der Waals surface area contributed by atoms with E-state index >= 15 is 0 Å². The molecule has 1 aliphatic heterocycles. The predicted molar refractivity (Wildman–Crippen MR) is 124 cm³/mol. The summed E-state index contributed by atoms with van der Waals surface area (Å²) >= 11 is 0. The minimum Gasteiger partial charge on any atom is -0.507 e. The van der Waals surface area contributed by atoms with Crippen molar-refractivity contribution < 1.29 is 14.6 Å². The van der Waals surface area contributed by atoms with Crippen LogP contribution in [0.5, 0.6) is 11.5 Å². The Bertz CT molecular complexity index is 1320. The highest BCUT2D eigenvalue weighted by Crippen LogP contribution is 2.45. The zero-order valence-corrected chi connectivity index (χ0v) is 17.8. The van der Waals surface area contributed by atoms with Crippen LogP contribution >= 0.6 is 0 Å². The Hall–Kier alpha value is -4.39. The molecule has 164 valence electrons. The maximum absolute atomic E-state index is 13.5. The Morgan fingerprint density at radius 2 is 2.03 bits per heavy atom. The van der Waals surface area contributed by atoms with Crippen molar-refractivity contribution in [2.75, 3.05) is 6.61 Å². The molecule has 4 aromatic rings. The van der Waals surface area contributed by atoms with E-state index in [4.69, 9.17) is 4.74 Å². The van der Waals surface area contributed by atoms with Crippen LogP contribution < -0.4 is 4.74 Å². The van der Waals surface area contributed by atoms with Crippen molar-refractivity contribution in [2.45, 2.75) is 12.6 Å². The number of H-pyrrole nitrogens is 1. The van der Waals surface area contributed by atoms with Crippen LogP contribution in [0.4, 0.5) is 0 Å². The molecule has 0 fully saturated rings. The second kappa shape index (κ2) is 8.63. The third-order valence-electron chi connectivity index (χ3n) is 5.64. The highest BCUT2D eigenvalue weighted by atomic mass is 16.5. The highest BCUT2D eigenvalue weighted by molar-refractivity contribution is 6.00. The van der Waals surface area contributed by atoms with Crippen LogP contribution in [0.3, 0.4) is 0 Å². The zero-order chi connectivity index (χ0) is 22.8. The smallest absolute Gasteiger partial charge is 0.273 e. The Labute approximate surface area is 191 Å². The molecular formula is C26H22N4O3.